The third kappa shape index (κ3) is 5.31. The molecule has 7 nitrogen and oxygen atoms in total. The van der Waals surface area contributed by atoms with Crippen molar-refractivity contribution in [2.24, 2.45) is 0 Å². The number of hydrogen-bond donors (Lipinski definition) is 2. The predicted molar refractivity (Wildman–Crippen MR) is 80.8 cm³/mol. The summed E-state index contributed by atoms with van der Waals surface area (Å²) in [4.78, 5) is 28.4. The molecule has 0 fully saturated rings. The Morgan fingerprint density at radius 1 is 1.43 bits per heavy atom. The highest BCUT2D eigenvalue weighted by Crippen LogP contribution is 2.23. The number of amides is 1. The second kappa shape index (κ2) is 8.58. The Balaban J connectivity index is 2.60. The monoisotopic (exact) mass is 315 g/mol. The summed E-state index contributed by atoms with van der Waals surface area (Å²) in [5.74, 6) is -0.603. The number of methoxy groups -OCH3 is 1. The van der Waals surface area contributed by atoms with E-state index in [1.807, 2.05) is 0 Å². The molecule has 1 aromatic rings. The third-order valence-corrected chi connectivity index (χ3v) is 3.51. The number of carbonyl (C=O) groups is 2. The molecule has 1 atom stereocenters. The second-order valence-electron chi connectivity index (χ2n) is 4.29. The van der Waals surface area contributed by atoms with Crippen LogP contribution in [0.2, 0.25) is 0 Å². The Kier molecular flexibility index (Phi) is 7.10. The quantitative estimate of drug-likeness (QED) is 0.553. The molecule has 0 saturated heterocycles. The molecule has 1 amide bonds. The van der Waals surface area contributed by atoms with Crippen molar-refractivity contribution >= 4 is 28.3 Å². The zero-order valence-electron chi connectivity index (χ0n) is 12.7. The van der Waals surface area contributed by atoms with E-state index in [-0.39, 0.29) is 11.6 Å². The zero-order valence-corrected chi connectivity index (χ0v) is 13.5. The van der Waals surface area contributed by atoms with Crippen molar-refractivity contribution in [3.63, 3.8) is 0 Å². The predicted octanol–water partition coefficient (Wildman–Crippen LogP) is 1.19. The van der Waals surface area contributed by atoms with Gasteiger partial charge >= 0.3 is 5.97 Å². The Morgan fingerprint density at radius 3 is 2.76 bits per heavy atom. The van der Waals surface area contributed by atoms with Gasteiger partial charge in [0.2, 0.25) is 5.91 Å². The summed E-state index contributed by atoms with van der Waals surface area (Å²) < 4.78 is 9.79. The summed E-state index contributed by atoms with van der Waals surface area (Å²) in [5, 5.41) is 6.22. The molecule has 1 rings (SSSR count). The maximum absolute atomic E-state index is 11.8. The fourth-order valence-corrected chi connectivity index (χ4v) is 2.42. The van der Waals surface area contributed by atoms with E-state index in [0.29, 0.717) is 24.9 Å². The van der Waals surface area contributed by atoms with Gasteiger partial charge < -0.3 is 20.1 Å². The van der Waals surface area contributed by atoms with Gasteiger partial charge in [-0.1, -0.05) is 0 Å². The molecule has 2 N–H and O–H groups in total. The van der Waals surface area contributed by atoms with E-state index >= 15 is 0 Å². The van der Waals surface area contributed by atoms with Gasteiger partial charge in [0.25, 0.3) is 0 Å². The first-order valence-corrected chi connectivity index (χ1v) is 7.49. The minimum Gasteiger partial charge on any atom is -0.461 e. The molecule has 0 radical (unpaired) electrons. The smallest absolute Gasteiger partial charge is 0.358 e. The number of ether oxygens (including phenoxy) is 2. The summed E-state index contributed by atoms with van der Waals surface area (Å²) in [6.45, 7) is 6.47. The Morgan fingerprint density at radius 2 is 2.14 bits per heavy atom. The Hall–Kier alpha value is -1.67. The molecule has 21 heavy (non-hydrogen) atoms. The van der Waals surface area contributed by atoms with E-state index in [9.17, 15) is 9.59 Å². The van der Waals surface area contributed by atoms with Crippen LogP contribution in [-0.2, 0) is 14.3 Å². The fourth-order valence-electron chi connectivity index (χ4n) is 1.53. The maximum atomic E-state index is 11.8. The number of thiazole rings is 1. The summed E-state index contributed by atoms with van der Waals surface area (Å²) >= 11 is 1.31. The number of esters is 1. The molecule has 0 aliphatic rings. The second-order valence-corrected chi connectivity index (χ2v) is 5.50. The lowest BCUT2D eigenvalue weighted by molar-refractivity contribution is -0.121. The standard InChI is InChI=1S/C13H21N3O4S/c1-5-20-12(18)10-9(3)21-13(16-10)15-8(2)11(17)14-6-7-19-4/h8H,5-7H2,1-4H3,(H,14,17)(H,15,16). The number of carbonyl (C=O) groups excluding carboxylic acids is 2. The van der Waals surface area contributed by atoms with Crippen molar-refractivity contribution in [3.8, 4) is 0 Å². The number of rotatable bonds is 8. The minimum absolute atomic E-state index is 0.155. The highest BCUT2D eigenvalue weighted by Gasteiger charge is 2.19. The Bertz CT molecular complexity index is 490. The zero-order chi connectivity index (χ0) is 15.8. The third-order valence-electron chi connectivity index (χ3n) is 2.60. The first kappa shape index (κ1) is 17.4. The lowest BCUT2D eigenvalue weighted by atomic mass is 10.3. The lowest BCUT2D eigenvalue weighted by Gasteiger charge is -2.12. The molecule has 0 aliphatic carbocycles. The topological polar surface area (TPSA) is 89.5 Å². The molecular formula is C13H21N3O4S. The molecule has 8 heteroatoms. The molecule has 1 heterocycles. The molecule has 0 spiro atoms. The summed E-state index contributed by atoms with van der Waals surface area (Å²) in [6, 6.07) is -0.456. The summed E-state index contributed by atoms with van der Waals surface area (Å²) in [5.41, 5.74) is 0.288. The SMILES string of the molecule is CCOC(=O)c1nc(NC(C)C(=O)NCCOC)sc1C. The van der Waals surface area contributed by atoms with Gasteiger partial charge in [-0.25, -0.2) is 9.78 Å². The van der Waals surface area contributed by atoms with Gasteiger partial charge in [-0.15, -0.1) is 11.3 Å². The van der Waals surface area contributed by atoms with Crippen molar-refractivity contribution < 1.29 is 19.1 Å². The van der Waals surface area contributed by atoms with Crippen molar-refractivity contribution in [3.05, 3.63) is 10.6 Å². The van der Waals surface area contributed by atoms with Crippen molar-refractivity contribution in [2.45, 2.75) is 26.8 Å². The van der Waals surface area contributed by atoms with Gasteiger partial charge in [0, 0.05) is 18.5 Å². The molecule has 0 bridgehead atoms. The fraction of sp³-hybridized carbons (Fsp3) is 0.615. The number of nitrogens with zero attached hydrogens (tertiary/aromatic N) is 1. The molecule has 0 saturated carbocycles. The van der Waals surface area contributed by atoms with Gasteiger partial charge in [0.1, 0.15) is 6.04 Å². The van der Waals surface area contributed by atoms with Crippen molar-refractivity contribution in [2.75, 3.05) is 32.2 Å². The van der Waals surface area contributed by atoms with Crippen LogP contribution in [0.4, 0.5) is 5.13 Å². The van der Waals surface area contributed by atoms with Crippen molar-refractivity contribution in [1.29, 1.82) is 0 Å². The first-order valence-electron chi connectivity index (χ1n) is 6.67. The average molecular weight is 315 g/mol. The lowest BCUT2D eigenvalue weighted by Crippen LogP contribution is -2.39. The van der Waals surface area contributed by atoms with Gasteiger partial charge in [0.05, 0.1) is 13.2 Å². The van der Waals surface area contributed by atoms with Crippen LogP contribution >= 0.6 is 11.3 Å². The first-order chi connectivity index (χ1) is 9.99. The maximum Gasteiger partial charge on any atom is 0.358 e. The molecule has 1 aromatic heterocycles. The van der Waals surface area contributed by atoms with Crippen LogP contribution in [0.15, 0.2) is 0 Å². The van der Waals surface area contributed by atoms with E-state index in [4.69, 9.17) is 9.47 Å². The summed E-state index contributed by atoms with van der Waals surface area (Å²) in [6.07, 6.45) is 0. The van der Waals surface area contributed by atoms with Crippen LogP contribution in [0.25, 0.3) is 0 Å². The molecule has 0 aliphatic heterocycles. The van der Waals surface area contributed by atoms with E-state index in [1.165, 1.54) is 11.3 Å². The highest BCUT2D eigenvalue weighted by atomic mass is 32.1. The van der Waals surface area contributed by atoms with Crippen LogP contribution in [0, 0.1) is 6.92 Å². The Labute approximate surface area is 128 Å². The van der Waals surface area contributed by atoms with E-state index in [2.05, 4.69) is 15.6 Å². The number of nitrogens with one attached hydrogen (secondary N) is 2. The number of aromatic nitrogens is 1. The minimum atomic E-state index is -0.456. The van der Waals surface area contributed by atoms with Crippen molar-refractivity contribution in [1.82, 2.24) is 10.3 Å². The van der Waals surface area contributed by atoms with Gasteiger partial charge in [0.15, 0.2) is 10.8 Å². The number of aryl methyl sites for hydroxylation is 1. The average Bonchev–Trinajstić information content (AvgIpc) is 2.80. The molecule has 118 valence electrons. The summed E-state index contributed by atoms with van der Waals surface area (Å²) in [7, 11) is 1.57. The number of anilines is 1. The van der Waals surface area contributed by atoms with Gasteiger partial charge in [-0.05, 0) is 20.8 Å². The van der Waals surface area contributed by atoms with Crippen LogP contribution in [0.5, 0.6) is 0 Å². The van der Waals surface area contributed by atoms with Crippen LogP contribution in [-0.4, -0.2) is 49.8 Å². The van der Waals surface area contributed by atoms with E-state index in [0.717, 1.165) is 4.88 Å². The largest absolute Gasteiger partial charge is 0.461 e. The highest BCUT2D eigenvalue weighted by molar-refractivity contribution is 7.15. The van der Waals surface area contributed by atoms with Crippen LogP contribution < -0.4 is 10.6 Å². The normalized spacial score (nSPS) is 11.8. The van der Waals surface area contributed by atoms with E-state index < -0.39 is 12.0 Å². The molecular weight excluding hydrogens is 294 g/mol. The van der Waals surface area contributed by atoms with E-state index in [1.54, 1.807) is 27.9 Å². The number of hydrogen-bond acceptors (Lipinski definition) is 7. The van der Waals surface area contributed by atoms with Crippen LogP contribution in [0.3, 0.4) is 0 Å². The van der Waals surface area contributed by atoms with Crippen LogP contribution in [0.1, 0.15) is 29.2 Å². The van der Waals surface area contributed by atoms with Gasteiger partial charge in [-0.3, -0.25) is 4.79 Å². The molecule has 0 aromatic carbocycles. The van der Waals surface area contributed by atoms with Gasteiger partial charge in [-0.2, -0.15) is 0 Å². The molecule has 1 unspecified atom stereocenters.